The second kappa shape index (κ2) is 12.8. The maximum absolute atomic E-state index is 13.0. The molecule has 0 atom stereocenters. The van der Waals surface area contributed by atoms with E-state index >= 15 is 0 Å². The Morgan fingerprint density at radius 2 is 1.77 bits per heavy atom. The van der Waals surface area contributed by atoms with Crippen LogP contribution in [-0.2, 0) is 4.79 Å². The number of amides is 2. The van der Waals surface area contributed by atoms with Crippen LogP contribution in [0.2, 0.25) is 10.0 Å². The highest BCUT2D eigenvalue weighted by Gasteiger charge is 2.35. The fourth-order valence-corrected chi connectivity index (χ4v) is 5.35. The highest BCUT2D eigenvalue weighted by atomic mass is 35.5. The number of hydrogen-bond donors (Lipinski definition) is 0. The Balaban J connectivity index is 1.44. The monoisotopic (exact) mass is 599 g/mol. The Morgan fingerprint density at radius 3 is 2.48 bits per heavy atom. The van der Waals surface area contributed by atoms with Crippen molar-refractivity contribution in [2.24, 2.45) is 0 Å². The molecule has 7 nitrogen and oxygen atoms in total. The smallest absolute Gasteiger partial charge is 0.345 e. The summed E-state index contributed by atoms with van der Waals surface area (Å²) in [6.45, 7) is 6.46. The zero-order valence-electron chi connectivity index (χ0n) is 22.3. The number of esters is 1. The quantitative estimate of drug-likeness (QED) is 0.141. The number of hydrogen-bond acceptors (Lipinski definition) is 7. The molecule has 3 aromatic carbocycles. The fourth-order valence-electron chi connectivity index (χ4n) is 4.00. The number of methoxy groups -OCH3 is 1. The molecule has 0 unspecified atom stereocenters. The fraction of sp³-hybridized carbons (Fsp3) is 0.233. The average molecular weight is 601 g/mol. The summed E-state index contributed by atoms with van der Waals surface area (Å²) >= 11 is 12.9. The summed E-state index contributed by atoms with van der Waals surface area (Å²) in [4.78, 5) is 39.7. The zero-order chi connectivity index (χ0) is 29.0. The number of carbonyl (C=O) groups excluding carboxylic acids is 3. The van der Waals surface area contributed by atoms with Crippen molar-refractivity contribution in [2.45, 2.75) is 26.7 Å². The summed E-state index contributed by atoms with van der Waals surface area (Å²) in [5.74, 6) is 0.374. The molecule has 1 fully saturated rings. The van der Waals surface area contributed by atoms with E-state index in [9.17, 15) is 14.4 Å². The second-order valence-corrected chi connectivity index (χ2v) is 11.1. The summed E-state index contributed by atoms with van der Waals surface area (Å²) < 4.78 is 16.8. The molecule has 2 amide bonds. The second-order valence-electron chi connectivity index (χ2n) is 9.30. The van der Waals surface area contributed by atoms with Crippen molar-refractivity contribution in [1.29, 1.82) is 0 Å². The summed E-state index contributed by atoms with van der Waals surface area (Å²) in [5, 5.41) is 0.186. The van der Waals surface area contributed by atoms with Gasteiger partial charge in [0, 0.05) is 5.02 Å². The van der Waals surface area contributed by atoms with Gasteiger partial charge < -0.3 is 14.2 Å². The highest BCUT2D eigenvalue weighted by Crippen LogP contribution is 2.35. The number of rotatable bonds is 9. The number of halogens is 2. The van der Waals surface area contributed by atoms with Gasteiger partial charge in [-0.25, -0.2) is 4.79 Å². The van der Waals surface area contributed by atoms with Gasteiger partial charge in [-0.2, -0.15) is 0 Å². The van der Waals surface area contributed by atoms with Gasteiger partial charge in [0.15, 0.2) is 11.5 Å². The van der Waals surface area contributed by atoms with Gasteiger partial charge in [0.25, 0.3) is 11.1 Å². The number of ether oxygens (including phenoxy) is 3. The average Bonchev–Trinajstić information content (AvgIpc) is 3.16. The van der Waals surface area contributed by atoms with Crippen LogP contribution < -0.4 is 14.2 Å². The summed E-state index contributed by atoms with van der Waals surface area (Å²) in [7, 11) is 1.43. The standard InChI is InChI=1S/C30H27Cl2NO6S/c1-17(2)21-8-5-18(3)13-25(21)38-12-11-33-28(34)27(40-30(33)36)15-19-6-10-24(26(14-19)37-4)39-29(35)22-9-7-20(31)16-23(22)32/h5-10,13-17H,11-12H2,1-4H3/b27-15-. The predicted octanol–water partition coefficient (Wildman–Crippen LogP) is 7.77. The number of benzene rings is 3. The third kappa shape index (κ3) is 6.81. The molecule has 1 aliphatic rings. The SMILES string of the molecule is COc1cc(/C=C2\SC(=O)N(CCOc3cc(C)ccc3C(C)C)C2=O)ccc1OC(=O)c1ccc(Cl)cc1Cl. The molecule has 208 valence electrons. The topological polar surface area (TPSA) is 82.1 Å². The maximum atomic E-state index is 13.0. The van der Waals surface area contributed by atoms with Gasteiger partial charge in [0.05, 0.1) is 29.1 Å². The molecule has 1 saturated heterocycles. The van der Waals surface area contributed by atoms with Crippen LogP contribution in [0.5, 0.6) is 17.2 Å². The van der Waals surface area contributed by atoms with Gasteiger partial charge >= 0.3 is 5.97 Å². The van der Waals surface area contributed by atoms with E-state index in [1.165, 1.54) is 30.2 Å². The zero-order valence-corrected chi connectivity index (χ0v) is 24.7. The molecule has 0 spiro atoms. The largest absolute Gasteiger partial charge is 0.493 e. The van der Waals surface area contributed by atoms with Crippen molar-refractivity contribution in [3.63, 3.8) is 0 Å². The van der Waals surface area contributed by atoms with Crippen molar-refractivity contribution in [3.05, 3.63) is 91.8 Å². The first-order chi connectivity index (χ1) is 19.1. The normalized spacial score (nSPS) is 14.3. The van der Waals surface area contributed by atoms with E-state index in [0.717, 1.165) is 28.6 Å². The van der Waals surface area contributed by atoms with Crippen molar-refractivity contribution in [1.82, 2.24) is 4.90 Å². The molecule has 0 aromatic heterocycles. The molecule has 0 N–H and O–H groups in total. The Bertz CT molecular complexity index is 1500. The molecule has 0 aliphatic carbocycles. The number of nitrogens with zero attached hydrogens (tertiary/aromatic N) is 1. The molecule has 0 radical (unpaired) electrons. The molecule has 3 aromatic rings. The molecular formula is C30H27Cl2NO6S. The first-order valence-electron chi connectivity index (χ1n) is 12.4. The van der Waals surface area contributed by atoms with E-state index < -0.39 is 11.9 Å². The van der Waals surface area contributed by atoms with E-state index in [1.807, 2.05) is 25.1 Å². The third-order valence-corrected chi connectivity index (χ3v) is 7.53. The van der Waals surface area contributed by atoms with E-state index in [-0.39, 0.29) is 51.3 Å². The first-order valence-corrected chi connectivity index (χ1v) is 14.0. The van der Waals surface area contributed by atoms with Crippen LogP contribution in [0, 0.1) is 6.92 Å². The van der Waals surface area contributed by atoms with Crippen LogP contribution >= 0.6 is 35.0 Å². The van der Waals surface area contributed by atoms with E-state index in [0.29, 0.717) is 10.6 Å². The Hall–Kier alpha value is -3.46. The van der Waals surface area contributed by atoms with Gasteiger partial charge in [0.2, 0.25) is 0 Å². The van der Waals surface area contributed by atoms with Crippen LogP contribution in [0.15, 0.2) is 59.5 Å². The van der Waals surface area contributed by atoms with Crippen molar-refractivity contribution >= 4 is 58.2 Å². The lowest BCUT2D eigenvalue weighted by molar-refractivity contribution is -0.123. The van der Waals surface area contributed by atoms with E-state index in [2.05, 4.69) is 13.8 Å². The van der Waals surface area contributed by atoms with Crippen LogP contribution in [0.25, 0.3) is 6.08 Å². The van der Waals surface area contributed by atoms with Gasteiger partial charge in [-0.15, -0.1) is 0 Å². The van der Waals surface area contributed by atoms with Gasteiger partial charge in [-0.05, 0) is 83.8 Å². The molecule has 0 bridgehead atoms. The number of carbonyl (C=O) groups is 3. The van der Waals surface area contributed by atoms with E-state index in [4.69, 9.17) is 37.4 Å². The van der Waals surface area contributed by atoms with Crippen LogP contribution in [0.4, 0.5) is 4.79 Å². The lowest BCUT2D eigenvalue weighted by atomic mass is 10.0. The lowest BCUT2D eigenvalue weighted by Crippen LogP contribution is -2.32. The number of imide groups is 1. The Kier molecular flexibility index (Phi) is 9.45. The predicted molar refractivity (Wildman–Crippen MR) is 158 cm³/mol. The Morgan fingerprint density at radius 1 is 1.00 bits per heavy atom. The van der Waals surface area contributed by atoms with Gasteiger partial charge in [0.1, 0.15) is 12.4 Å². The Labute approximate surface area is 247 Å². The summed E-state index contributed by atoms with van der Waals surface area (Å²) in [6.07, 6.45) is 1.59. The minimum absolute atomic E-state index is 0.124. The molecule has 1 aliphatic heterocycles. The summed E-state index contributed by atoms with van der Waals surface area (Å²) in [5.41, 5.74) is 2.87. The minimum atomic E-state index is -0.678. The molecule has 1 heterocycles. The molecule has 10 heteroatoms. The van der Waals surface area contributed by atoms with Gasteiger partial charge in [-0.1, -0.05) is 55.2 Å². The number of thioether (sulfide) groups is 1. The van der Waals surface area contributed by atoms with Crippen molar-refractivity contribution < 1.29 is 28.6 Å². The molecule has 0 saturated carbocycles. The minimum Gasteiger partial charge on any atom is -0.493 e. The van der Waals surface area contributed by atoms with Crippen molar-refractivity contribution in [3.8, 4) is 17.2 Å². The lowest BCUT2D eigenvalue weighted by Gasteiger charge is -2.17. The molecule has 40 heavy (non-hydrogen) atoms. The van der Waals surface area contributed by atoms with E-state index in [1.54, 1.807) is 24.3 Å². The van der Waals surface area contributed by atoms with Crippen molar-refractivity contribution in [2.75, 3.05) is 20.3 Å². The van der Waals surface area contributed by atoms with Crippen LogP contribution in [-0.4, -0.2) is 42.3 Å². The molecular weight excluding hydrogens is 573 g/mol. The maximum Gasteiger partial charge on any atom is 0.345 e. The highest BCUT2D eigenvalue weighted by molar-refractivity contribution is 8.18. The van der Waals surface area contributed by atoms with Gasteiger partial charge in [-0.3, -0.25) is 14.5 Å². The summed E-state index contributed by atoms with van der Waals surface area (Å²) in [6, 6.07) is 15.3. The van der Waals surface area contributed by atoms with Crippen LogP contribution in [0.1, 0.15) is 46.8 Å². The first kappa shape index (κ1) is 29.5. The number of aryl methyl sites for hydroxylation is 1. The molecule has 4 rings (SSSR count). The van der Waals surface area contributed by atoms with Crippen LogP contribution in [0.3, 0.4) is 0 Å². The third-order valence-electron chi connectivity index (χ3n) is 6.08.